The molecule has 1 aliphatic heterocycles. The van der Waals surface area contributed by atoms with E-state index in [4.69, 9.17) is 4.74 Å². The first kappa shape index (κ1) is 16.3. The Balaban J connectivity index is 1.88. The minimum atomic E-state index is 0.382. The van der Waals surface area contributed by atoms with Crippen molar-refractivity contribution in [3.8, 4) is 5.75 Å². The van der Waals surface area contributed by atoms with Gasteiger partial charge in [-0.25, -0.2) is 0 Å². The number of likely N-dealkylation sites (tertiary alicyclic amines) is 1. The maximum Gasteiger partial charge on any atom is 0.119 e. The maximum atomic E-state index is 6.11. The van der Waals surface area contributed by atoms with Crippen molar-refractivity contribution < 1.29 is 4.74 Å². The molecule has 1 saturated heterocycles. The van der Waals surface area contributed by atoms with Crippen LogP contribution >= 0.6 is 0 Å². The highest BCUT2D eigenvalue weighted by atomic mass is 16.5. The van der Waals surface area contributed by atoms with Crippen LogP contribution in [0.1, 0.15) is 51.1 Å². The van der Waals surface area contributed by atoms with Gasteiger partial charge in [-0.3, -0.25) is 0 Å². The van der Waals surface area contributed by atoms with Gasteiger partial charge in [0.15, 0.2) is 0 Å². The molecular weight excluding hydrogens is 260 g/mol. The molecule has 3 heteroatoms. The van der Waals surface area contributed by atoms with Gasteiger partial charge >= 0.3 is 0 Å². The Labute approximate surface area is 129 Å². The first-order valence-corrected chi connectivity index (χ1v) is 8.41. The molecule has 1 heterocycles. The van der Waals surface area contributed by atoms with Crippen LogP contribution in [0.4, 0.5) is 0 Å². The SMILES string of the molecule is CCCNC(CC)c1ccc(OC2CCN(C)CC2)cc1. The summed E-state index contributed by atoms with van der Waals surface area (Å²) in [5.41, 5.74) is 1.36. The second kappa shape index (κ2) is 8.40. The molecule has 0 aromatic heterocycles. The van der Waals surface area contributed by atoms with E-state index >= 15 is 0 Å². The average molecular weight is 290 g/mol. The number of nitrogens with one attached hydrogen (secondary N) is 1. The number of ether oxygens (including phenoxy) is 1. The summed E-state index contributed by atoms with van der Waals surface area (Å²) in [7, 11) is 2.18. The van der Waals surface area contributed by atoms with Crippen LogP contribution < -0.4 is 10.1 Å². The summed E-state index contributed by atoms with van der Waals surface area (Å²) < 4.78 is 6.11. The quantitative estimate of drug-likeness (QED) is 0.830. The van der Waals surface area contributed by atoms with Crippen LogP contribution in [0.5, 0.6) is 5.75 Å². The van der Waals surface area contributed by atoms with E-state index in [2.05, 4.69) is 55.4 Å². The molecule has 1 aromatic carbocycles. The number of hydrogen-bond acceptors (Lipinski definition) is 3. The van der Waals surface area contributed by atoms with Crippen molar-refractivity contribution in [1.82, 2.24) is 10.2 Å². The Kier molecular flexibility index (Phi) is 6.52. The van der Waals surface area contributed by atoms with Crippen molar-refractivity contribution in [3.63, 3.8) is 0 Å². The summed E-state index contributed by atoms with van der Waals surface area (Å²) in [5.74, 6) is 1.01. The molecule has 0 amide bonds. The first-order valence-electron chi connectivity index (χ1n) is 8.41. The minimum absolute atomic E-state index is 0.382. The predicted molar refractivity (Wildman–Crippen MR) is 88.9 cm³/mol. The van der Waals surface area contributed by atoms with Crippen molar-refractivity contribution >= 4 is 0 Å². The predicted octanol–water partition coefficient (Wildman–Crippen LogP) is 3.61. The fraction of sp³-hybridized carbons (Fsp3) is 0.667. The molecule has 0 bridgehead atoms. The Morgan fingerprint density at radius 3 is 2.43 bits per heavy atom. The van der Waals surface area contributed by atoms with Crippen LogP contribution in [0.3, 0.4) is 0 Å². The number of benzene rings is 1. The van der Waals surface area contributed by atoms with Crippen LogP contribution in [0, 0.1) is 0 Å². The van der Waals surface area contributed by atoms with Gasteiger partial charge in [0.25, 0.3) is 0 Å². The maximum absolute atomic E-state index is 6.11. The summed E-state index contributed by atoms with van der Waals surface area (Å²) in [6.45, 7) is 7.80. The Bertz CT molecular complexity index is 396. The lowest BCUT2D eigenvalue weighted by Gasteiger charge is -2.29. The molecule has 0 radical (unpaired) electrons. The number of hydrogen-bond donors (Lipinski definition) is 1. The summed E-state index contributed by atoms with van der Waals surface area (Å²) in [6.07, 6.45) is 4.94. The van der Waals surface area contributed by atoms with Gasteiger partial charge in [-0.15, -0.1) is 0 Å². The van der Waals surface area contributed by atoms with Crippen molar-refractivity contribution in [2.45, 2.75) is 51.7 Å². The van der Waals surface area contributed by atoms with Crippen LogP contribution in [0.25, 0.3) is 0 Å². The number of piperidine rings is 1. The molecule has 0 spiro atoms. The van der Waals surface area contributed by atoms with E-state index in [0.717, 1.165) is 44.6 Å². The molecule has 21 heavy (non-hydrogen) atoms. The molecule has 118 valence electrons. The highest BCUT2D eigenvalue weighted by Gasteiger charge is 2.18. The normalized spacial score (nSPS) is 18.6. The van der Waals surface area contributed by atoms with E-state index in [1.165, 1.54) is 12.0 Å². The molecule has 1 aliphatic rings. The summed E-state index contributed by atoms with van der Waals surface area (Å²) in [5, 5.41) is 3.59. The molecule has 1 atom stereocenters. The monoisotopic (exact) mass is 290 g/mol. The third kappa shape index (κ3) is 5.01. The molecule has 3 nitrogen and oxygen atoms in total. The second-order valence-electron chi connectivity index (χ2n) is 6.10. The van der Waals surface area contributed by atoms with Crippen molar-refractivity contribution in [2.24, 2.45) is 0 Å². The summed E-state index contributed by atoms with van der Waals surface area (Å²) >= 11 is 0. The third-order valence-corrected chi connectivity index (χ3v) is 4.30. The highest BCUT2D eigenvalue weighted by molar-refractivity contribution is 5.29. The number of rotatable bonds is 7. The molecule has 0 saturated carbocycles. The minimum Gasteiger partial charge on any atom is -0.490 e. The van der Waals surface area contributed by atoms with Gasteiger partial charge in [0.1, 0.15) is 11.9 Å². The van der Waals surface area contributed by atoms with E-state index in [-0.39, 0.29) is 0 Å². The van der Waals surface area contributed by atoms with Crippen molar-refractivity contribution in [3.05, 3.63) is 29.8 Å². The fourth-order valence-corrected chi connectivity index (χ4v) is 2.89. The molecule has 1 N–H and O–H groups in total. The molecule has 1 aromatic rings. The number of nitrogens with zero attached hydrogens (tertiary/aromatic N) is 1. The van der Waals surface area contributed by atoms with E-state index in [1.807, 2.05) is 0 Å². The summed E-state index contributed by atoms with van der Waals surface area (Å²) in [6, 6.07) is 9.14. The van der Waals surface area contributed by atoms with Crippen LogP contribution in [-0.4, -0.2) is 37.7 Å². The topological polar surface area (TPSA) is 24.5 Å². The lowest BCUT2D eigenvalue weighted by Crippen LogP contribution is -2.35. The van der Waals surface area contributed by atoms with Crippen molar-refractivity contribution in [1.29, 1.82) is 0 Å². The van der Waals surface area contributed by atoms with Gasteiger partial charge in [0.05, 0.1) is 0 Å². The largest absolute Gasteiger partial charge is 0.490 e. The van der Waals surface area contributed by atoms with Crippen molar-refractivity contribution in [2.75, 3.05) is 26.7 Å². The highest BCUT2D eigenvalue weighted by Crippen LogP contribution is 2.23. The summed E-state index contributed by atoms with van der Waals surface area (Å²) in [4.78, 5) is 2.37. The van der Waals surface area contributed by atoms with Crippen LogP contribution in [0.2, 0.25) is 0 Å². The van der Waals surface area contributed by atoms with Gasteiger partial charge in [0.2, 0.25) is 0 Å². The third-order valence-electron chi connectivity index (χ3n) is 4.30. The van der Waals surface area contributed by atoms with E-state index in [0.29, 0.717) is 12.1 Å². The fourth-order valence-electron chi connectivity index (χ4n) is 2.89. The average Bonchev–Trinajstić information content (AvgIpc) is 2.52. The lowest BCUT2D eigenvalue weighted by atomic mass is 10.0. The Morgan fingerprint density at radius 2 is 1.86 bits per heavy atom. The van der Waals surface area contributed by atoms with E-state index in [1.54, 1.807) is 0 Å². The standard InChI is InChI=1S/C18H30N2O/c1-4-12-19-18(5-2)15-6-8-16(9-7-15)21-17-10-13-20(3)14-11-17/h6-9,17-19H,4-5,10-14H2,1-3H3. The van der Waals surface area contributed by atoms with E-state index in [9.17, 15) is 0 Å². The molecular formula is C18H30N2O. The van der Waals surface area contributed by atoms with Crippen LogP contribution in [-0.2, 0) is 0 Å². The zero-order chi connectivity index (χ0) is 15.1. The molecule has 0 aliphatic carbocycles. The van der Waals surface area contributed by atoms with E-state index < -0.39 is 0 Å². The zero-order valence-corrected chi connectivity index (χ0v) is 13.8. The van der Waals surface area contributed by atoms with Crippen LogP contribution in [0.15, 0.2) is 24.3 Å². The lowest BCUT2D eigenvalue weighted by molar-refractivity contribution is 0.114. The Hall–Kier alpha value is -1.06. The van der Waals surface area contributed by atoms with Gasteiger partial charge < -0.3 is 15.0 Å². The zero-order valence-electron chi connectivity index (χ0n) is 13.8. The first-order chi connectivity index (χ1) is 10.2. The van der Waals surface area contributed by atoms with Gasteiger partial charge in [-0.2, -0.15) is 0 Å². The van der Waals surface area contributed by atoms with Gasteiger partial charge in [0, 0.05) is 19.1 Å². The smallest absolute Gasteiger partial charge is 0.119 e. The molecule has 1 fully saturated rings. The molecule has 2 rings (SSSR count). The molecule has 1 unspecified atom stereocenters. The Morgan fingerprint density at radius 1 is 1.19 bits per heavy atom. The second-order valence-corrected chi connectivity index (χ2v) is 6.10. The van der Waals surface area contributed by atoms with Gasteiger partial charge in [-0.1, -0.05) is 26.0 Å². The van der Waals surface area contributed by atoms with Gasteiger partial charge in [-0.05, 0) is 57.0 Å².